The first-order valence-corrected chi connectivity index (χ1v) is 13.9. The van der Waals surface area contributed by atoms with Crippen LogP contribution in [-0.2, 0) is 27.2 Å². The van der Waals surface area contributed by atoms with E-state index in [2.05, 4.69) is 10.2 Å². The van der Waals surface area contributed by atoms with Crippen LogP contribution in [0.1, 0.15) is 68.9 Å². The van der Waals surface area contributed by atoms with Crippen molar-refractivity contribution in [2.45, 2.75) is 76.7 Å². The van der Waals surface area contributed by atoms with Gasteiger partial charge in [0, 0.05) is 12.6 Å². The van der Waals surface area contributed by atoms with Crippen LogP contribution < -0.4 is 10.1 Å². The number of aryl methyl sites for hydroxylation is 1. The molecule has 8 heteroatoms. The van der Waals surface area contributed by atoms with Crippen molar-refractivity contribution < 1.29 is 28.6 Å². The van der Waals surface area contributed by atoms with Crippen molar-refractivity contribution in [1.29, 1.82) is 0 Å². The van der Waals surface area contributed by atoms with Gasteiger partial charge in [0.15, 0.2) is 12.4 Å². The molecule has 2 aromatic carbocycles. The van der Waals surface area contributed by atoms with Gasteiger partial charge in [0.25, 0.3) is 5.91 Å². The number of halogens is 1. The highest BCUT2D eigenvalue weighted by Crippen LogP contribution is 2.39. The van der Waals surface area contributed by atoms with E-state index in [-0.39, 0.29) is 30.0 Å². The summed E-state index contributed by atoms with van der Waals surface area (Å²) in [7, 11) is 0. The molecule has 0 unspecified atom stereocenters. The van der Waals surface area contributed by atoms with Crippen LogP contribution in [0.15, 0.2) is 36.4 Å². The lowest BCUT2D eigenvalue weighted by Gasteiger charge is -2.34. The lowest BCUT2D eigenvalue weighted by atomic mass is 9.93. The molecule has 2 aromatic rings. The van der Waals surface area contributed by atoms with E-state index < -0.39 is 0 Å². The number of carbonyl (C=O) groups excluding carboxylic acids is 2. The fourth-order valence-corrected chi connectivity index (χ4v) is 5.38. The van der Waals surface area contributed by atoms with Crippen LogP contribution in [0.4, 0.5) is 10.1 Å². The van der Waals surface area contributed by atoms with Gasteiger partial charge in [-0.3, -0.25) is 9.59 Å². The van der Waals surface area contributed by atoms with Gasteiger partial charge in [-0.2, -0.15) is 0 Å². The number of carbonyl (C=O) groups is 2. The lowest BCUT2D eigenvalue weighted by Crippen LogP contribution is -2.42. The van der Waals surface area contributed by atoms with E-state index in [4.69, 9.17) is 9.47 Å². The maximum atomic E-state index is 13.3. The van der Waals surface area contributed by atoms with Gasteiger partial charge < -0.3 is 24.8 Å². The number of nitrogens with one attached hydrogen (secondary N) is 1. The van der Waals surface area contributed by atoms with Crippen molar-refractivity contribution in [3.8, 4) is 11.5 Å². The van der Waals surface area contributed by atoms with Crippen LogP contribution in [-0.4, -0.2) is 54.2 Å². The Morgan fingerprint density at radius 1 is 1.08 bits per heavy atom. The molecule has 38 heavy (non-hydrogen) atoms. The van der Waals surface area contributed by atoms with Gasteiger partial charge in [0.2, 0.25) is 5.91 Å². The summed E-state index contributed by atoms with van der Waals surface area (Å²) in [6.07, 6.45) is 10.3. The second kappa shape index (κ2) is 14.1. The minimum absolute atomic E-state index is 0.0105. The Balaban J connectivity index is 1.21. The van der Waals surface area contributed by atoms with Crippen LogP contribution in [0.25, 0.3) is 0 Å². The number of amides is 2. The van der Waals surface area contributed by atoms with Crippen LogP contribution in [0, 0.1) is 5.82 Å². The molecule has 0 radical (unpaired) electrons. The molecular formula is C30H39FN2O5. The molecule has 0 spiro atoms. The summed E-state index contributed by atoms with van der Waals surface area (Å²) < 4.78 is 24.6. The quantitative estimate of drug-likeness (QED) is 0.270. The number of hydrogen-bond donors (Lipinski definition) is 2. The van der Waals surface area contributed by atoms with Crippen LogP contribution in [0.5, 0.6) is 11.5 Å². The van der Waals surface area contributed by atoms with Crippen molar-refractivity contribution in [3.63, 3.8) is 0 Å². The van der Waals surface area contributed by atoms with E-state index in [1.54, 1.807) is 12.1 Å². The van der Waals surface area contributed by atoms with Gasteiger partial charge in [-0.05, 0) is 67.9 Å². The van der Waals surface area contributed by atoms with Crippen LogP contribution in [0.2, 0.25) is 0 Å². The molecule has 2 aliphatic rings. The number of anilines is 1. The molecule has 4 rings (SSSR count). The van der Waals surface area contributed by atoms with Crippen LogP contribution >= 0.6 is 0 Å². The number of unbranched alkanes of at least 4 members (excludes halogenated alkanes) is 2. The summed E-state index contributed by atoms with van der Waals surface area (Å²) in [6, 6.07) is 10.3. The summed E-state index contributed by atoms with van der Waals surface area (Å²) in [6.45, 7) is 1.54. The molecule has 0 atom stereocenters. The minimum Gasteiger partial charge on any atom is -0.506 e. The average Bonchev–Trinajstić information content (AvgIpc) is 2.92. The molecular weight excluding hydrogens is 487 g/mol. The number of aromatic hydroxyl groups is 1. The Morgan fingerprint density at radius 2 is 1.92 bits per heavy atom. The maximum absolute atomic E-state index is 13.3. The van der Waals surface area contributed by atoms with E-state index in [9.17, 15) is 19.1 Å². The van der Waals surface area contributed by atoms with Crippen molar-refractivity contribution in [2.24, 2.45) is 0 Å². The number of rotatable bonds is 13. The molecule has 1 aliphatic carbocycles. The fourth-order valence-electron chi connectivity index (χ4n) is 5.38. The molecule has 0 bridgehead atoms. The van der Waals surface area contributed by atoms with Gasteiger partial charge in [-0.15, -0.1) is 0 Å². The monoisotopic (exact) mass is 526 g/mol. The second-order valence-corrected chi connectivity index (χ2v) is 10.2. The van der Waals surface area contributed by atoms with Crippen LogP contribution in [0.3, 0.4) is 0 Å². The van der Waals surface area contributed by atoms with Crippen molar-refractivity contribution in [1.82, 2.24) is 4.90 Å². The van der Waals surface area contributed by atoms with E-state index in [1.807, 2.05) is 12.1 Å². The van der Waals surface area contributed by atoms with Gasteiger partial charge in [0.05, 0.1) is 19.6 Å². The summed E-state index contributed by atoms with van der Waals surface area (Å²) in [5.41, 5.74) is 2.21. The standard InChI is InChI=1S/C30H39FN2O5/c31-24-10-7-8-22(20-24)15-18-37-19-16-28(36)33(25-11-4-1-5-12-25)17-6-2-3-9-23-13-14-26(34)29-30(23)38-21-27(35)32-29/h7-8,10,13-14,20,25,34H,1-6,9,11-12,15-19,21H2,(H,32,35). The molecule has 206 valence electrons. The van der Waals surface area contributed by atoms with Gasteiger partial charge >= 0.3 is 0 Å². The summed E-state index contributed by atoms with van der Waals surface area (Å²) in [5.74, 6) is 0.205. The molecule has 1 aliphatic heterocycles. The molecule has 2 N–H and O–H groups in total. The van der Waals surface area contributed by atoms with E-state index in [1.165, 1.54) is 31.4 Å². The maximum Gasteiger partial charge on any atom is 0.262 e. The number of fused-ring (bicyclic) bond motifs is 1. The Kier molecular flexibility index (Phi) is 10.4. The van der Waals surface area contributed by atoms with E-state index in [0.29, 0.717) is 43.5 Å². The topological polar surface area (TPSA) is 88.1 Å². The smallest absolute Gasteiger partial charge is 0.262 e. The number of nitrogens with zero attached hydrogens (tertiary/aromatic N) is 1. The Bertz CT molecular complexity index is 1090. The average molecular weight is 527 g/mol. The third-order valence-electron chi connectivity index (χ3n) is 7.39. The first-order chi connectivity index (χ1) is 18.5. The van der Waals surface area contributed by atoms with E-state index in [0.717, 1.165) is 56.2 Å². The van der Waals surface area contributed by atoms with E-state index >= 15 is 0 Å². The highest BCUT2D eigenvalue weighted by molar-refractivity contribution is 5.97. The Morgan fingerprint density at radius 3 is 2.74 bits per heavy atom. The third kappa shape index (κ3) is 7.93. The second-order valence-electron chi connectivity index (χ2n) is 10.2. The number of ether oxygens (including phenoxy) is 2. The molecule has 1 fully saturated rings. The lowest BCUT2D eigenvalue weighted by molar-refractivity contribution is -0.135. The molecule has 1 heterocycles. The van der Waals surface area contributed by atoms with Gasteiger partial charge in [-0.25, -0.2) is 4.39 Å². The first-order valence-electron chi connectivity index (χ1n) is 13.9. The number of phenols is 1. The first kappa shape index (κ1) is 27.9. The largest absolute Gasteiger partial charge is 0.506 e. The zero-order chi connectivity index (χ0) is 26.7. The predicted molar refractivity (Wildman–Crippen MR) is 144 cm³/mol. The predicted octanol–water partition coefficient (Wildman–Crippen LogP) is 5.39. The summed E-state index contributed by atoms with van der Waals surface area (Å²) in [4.78, 5) is 26.8. The molecule has 7 nitrogen and oxygen atoms in total. The SMILES string of the molecule is O=C1COc2c(CCCCCN(C(=O)CCOCCc3cccc(F)c3)C3CCCCC3)ccc(O)c2N1. The zero-order valence-corrected chi connectivity index (χ0v) is 22.1. The number of phenolic OH excluding ortho intramolecular Hbond substituents is 1. The normalized spacial score (nSPS) is 15.4. The highest BCUT2D eigenvalue weighted by Gasteiger charge is 2.25. The Labute approximate surface area is 224 Å². The molecule has 0 aromatic heterocycles. The van der Waals surface area contributed by atoms with Gasteiger partial charge in [0.1, 0.15) is 17.3 Å². The zero-order valence-electron chi connectivity index (χ0n) is 22.1. The van der Waals surface area contributed by atoms with Crippen molar-refractivity contribution in [2.75, 3.05) is 31.7 Å². The number of benzene rings is 2. The minimum atomic E-state index is -0.269. The van der Waals surface area contributed by atoms with Gasteiger partial charge in [-0.1, -0.05) is 43.9 Å². The third-order valence-corrected chi connectivity index (χ3v) is 7.39. The summed E-state index contributed by atoms with van der Waals surface area (Å²) >= 11 is 0. The fraction of sp³-hybridized carbons (Fsp3) is 0.533. The molecule has 1 saturated carbocycles. The molecule has 0 saturated heterocycles. The summed E-state index contributed by atoms with van der Waals surface area (Å²) in [5, 5.41) is 12.7. The van der Waals surface area contributed by atoms with Crippen molar-refractivity contribution in [3.05, 3.63) is 53.3 Å². The Hall–Kier alpha value is -3.13. The number of hydrogen-bond acceptors (Lipinski definition) is 5. The highest BCUT2D eigenvalue weighted by atomic mass is 19.1. The van der Waals surface area contributed by atoms with Crippen molar-refractivity contribution >= 4 is 17.5 Å². The molecule has 2 amide bonds.